The normalized spacial score (nSPS) is 38.7. The standard InChI is InChI=1S/C34H45NO8/c1-21(8-11-31(40)35-28-7-5-4-6-22(28)17-36)25-9-10-26-32-27(16-30(43-20-39)34(25,26)3)33(2)13-12-24(41-18-37)14-23(33)15-29(32)42-19-38/h4-7,17-21,23-27,29-30,32H,8-16H2,1-3H3,(H,35,40)/t21-,23+,24-,25-,26+,27+,29-,30+,32+,33+,34-/m1/s1. The number of anilines is 1. The molecule has 234 valence electrons. The number of amides is 1. The van der Waals surface area contributed by atoms with Gasteiger partial charge in [0, 0.05) is 23.3 Å². The molecule has 1 aromatic carbocycles. The molecular formula is C34H45NO8. The summed E-state index contributed by atoms with van der Waals surface area (Å²) in [5.41, 5.74) is 0.591. The second-order valence-corrected chi connectivity index (χ2v) is 13.9. The minimum atomic E-state index is -0.326. The Morgan fingerprint density at radius 3 is 2.42 bits per heavy atom. The topological polar surface area (TPSA) is 125 Å². The third-order valence-corrected chi connectivity index (χ3v) is 12.3. The summed E-state index contributed by atoms with van der Waals surface area (Å²) in [5.74, 6) is 1.05. The minimum Gasteiger partial charge on any atom is -0.465 e. The van der Waals surface area contributed by atoms with Crippen LogP contribution >= 0.6 is 0 Å². The van der Waals surface area contributed by atoms with E-state index in [4.69, 9.17) is 14.2 Å². The maximum Gasteiger partial charge on any atom is 0.293 e. The highest BCUT2D eigenvalue weighted by atomic mass is 16.5. The lowest BCUT2D eigenvalue weighted by molar-refractivity contribution is -0.218. The van der Waals surface area contributed by atoms with Crippen LogP contribution in [0.1, 0.15) is 88.9 Å². The Kier molecular flexibility index (Phi) is 9.28. The van der Waals surface area contributed by atoms with E-state index in [2.05, 4.69) is 26.1 Å². The molecule has 4 fully saturated rings. The molecule has 0 bridgehead atoms. The Hall–Kier alpha value is -3.23. The number of hydrogen-bond acceptors (Lipinski definition) is 8. The van der Waals surface area contributed by atoms with E-state index < -0.39 is 0 Å². The predicted octanol–water partition coefficient (Wildman–Crippen LogP) is 5.36. The van der Waals surface area contributed by atoms with Crippen LogP contribution in [-0.2, 0) is 33.4 Å². The largest absolute Gasteiger partial charge is 0.465 e. The van der Waals surface area contributed by atoms with Crippen molar-refractivity contribution in [1.29, 1.82) is 0 Å². The number of nitrogens with one attached hydrogen (secondary N) is 1. The van der Waals surface area contributed by atoms with Gasteiger partial charge in [0.25, 0.3) is 19.4 Å². The molecule has 0 spiro atoms. The first-order chi connectivity index (χ1) is 20.7. The van der Waals surface area contributed by atoms with E-state index in [0.717, 1.165) is 44.8 Å². The molecule has 0 saturated heterocycles. The fraction of sp³-hybridized carbons (Fsp3) is 0.676. The van der Waals surface area contributed by atoms with Gasteiger partial charge in [-0.25, -0.2) is 0 Å². The zero-order valence-corrected chi connectivity index (χ0v) is 25.4. The minimum absolute atomic E-state index is 0.0401. The lowest BCUT2D eigenvalue weighted by Crippen LogP contribution is -2.63. The Balaban J connectivity index is 1.36. The third-order valence-electron chi connectivity index (χ3n) is 12.3. The number of fused-ring (bicyclic) bond motifs is 5. The molecule has 4 aliphatic rings. The molecule has 1 N–H and O–H groups in total. The maximum atomic E-state index is 12.9. The molecule has 0 unspecified atom stereocenters. The molecule has 5 rings (SSSR count). The van der Waals surface area contributed by atoms with Gasteiger partial charge in [0.15, 0.2) is 6.29 Å². The summed E-state index contributed by atoms with van der Waals surface area (Å²) >= 11 is 0. The van der Waals surface area contributed by atoms with Gasteiger partial charge < -0.3 is 19.5 Å². The van der Waals surface area contributed by atoms with Crippen LogP contribution in [0.3, 0.4) is 0 Å². The zero-order valence-electron chi connectivity index (χ0n) is 25.4. The van der Waals surface area contributed by atoms with Gasteiger partial charge in [-0.05, 0) is 98.5 Å². The van der Waals surface area contributed by atoms with Gasteiger partial charge in [0.05, 0.1) is 5.69 Å². The monoisotopic (exact) mass is 595 g/mol. The van der Waals surface area contributed by atoms with E-state index in [9.17, 15) is 24.0 Å². The number of benzene rings is 1. The average Bonchev–Trinajstić information content (AvgIpc) is 3.35. The number of rotatable bonds is 12. The van der Waals surface area contributed by atoms with Crippen molar-refractivity contribution in [3.8, 4) is 0 Å². The molecule has 1 amide bonds. The van der Waals surface area contributed by atoms with Crippen LogP contribution in [0.15, 0.2) is 24.3 Å². The first kappa shape index (κ1) is 31.2. The SMILES string of the molecule is C[C@H](CCC(=O)Nc1ccccc1C=O)[C@H]1CC[C@H]2[C@@H]3[C@H](OC=O)C[C@@H]4C[C@H](OC=O)CC[C@]4(C)[C@H]3C[C@H](OC=O)[C@]12C. The van der Waals surface area contributed by atoms with Gasteiger partial charge in [-0.2, -0.15) is 0 Å². The van der Waals surface area contributed by atoms with Gasteiger partial charge in [-0.15, -0.1) is 0 Å². The highest BCUT2D eigenvalue weighted by Crippen LogP contribution is 2.69. The third kappa shape index (κ3) is 5.60. The number of carbonyl (C=O) groups excluding carboxylic acids is 5. The Morgan fingerprint density at radius 1 is 0.953 bits per heavy atom. The van der Waals surface area contributed by atoms with Gasteiger partial charge in [0.1, 0.15) is 18.3 Å². The number of para-hydroxylation sites is 1. The predicted molar refractivity (Wildman–Crippen MR) is 158 cm³/mol. The quantitative estimate of drug-likeness (QED) is 0.253. The van der Waals surface area contributed by atoms with Gasteiger partial charge in [-0.3, -0.25) is 24.0 Å². The first-order valence-electron chi connectivity index (χ1n) is 15.8. The summed E-state index contributed by atoms with van der Waals surface area (Å²) in [5, 5.41) is 2.88. The van der Waals surface area contributed by atoms with Crippen molar-refractivity contribution in [2.75, 3.05) is 5.32 Å². The van der Waals surface area contributed by atoms with Crippen molar-refractivity contribution < 1.29 is 38.2 Å². The van der Waals surface area contributed by atoms with Crippen molar-refractivity contribution in [2.24, 2.45) is 46.3 Å². The molecule has 9 nitrogen and oxygen atoms in total. The molecule has 0 heterocycles. The van der Waals surface area contributed by atoms with E-state index in [-0.39, 0.29) is 70.6 Å². The van der Waals surface area contributed by atoms with Crippen LogP contribution in [0, 0.1) is 46.3 Å². The van der Waals surface area contributed by atoms with Crippen LogP contribution in [0.5, 0.6) is 0 Å². The molecule has 43 heavy (non-hydrogen) atoms. The lowest BCUT2D eigenvalue weighted by atomic mass is 9.43. The van der Waals surface area contributed by atoms with E-state index in [0.29, 0.717) is 49.9 Å². The summed E-state index contributed by atoms with van der Waals surface area (Å²) in [4.78, 5) is 59.0. The average molecular weight is 596 g/mol. The lowest BCUT2D eigenvalue weighted by Gasteiger charge is -2.64. The van der Waals surface area contributed by atoms with Crippen LogP contribution in [0.4, 0.5) is 5.69 Å². The van der Waals surface area contributed by atoms with Crippen molar-refractivity contribution in [3.05, 3.63) is 29.8 Å². The summed E-state index contributed by atoms with van der Waals surface area (Å²) in [6, 6.07) is 6.95. The van der Waals surface area contributed by atoms with Crippen LogP contribution in [-0.4, -0.2) is 49.9 Å². The number of hydrogen-bond donors (Lipinski definition) is 1. The highest BCUT2D eigenvalue weighted by Gasteiger charge is 2.67. The molecule has 4 saturated carbocycles. The van der Waals surface area contributed by atoms with E-state index in [1.54, 1.807) is 24.3 Å². The van der Waals surface area contributed by atoms with E-state index in [1.807, 2.05) is 0 Å². The molecular weight excluding hydrogens is 550 g/mol. The van der Waals surface area contributed by atoms with Crippen molar-refractivity contribution >= 4 is 37.3 Å². The summed E-state index contributed by atoms with van der Waals surface area (Å²) < 4.78 is 17.2. The van der Waals surface area contributed by atoms with Crippen LogP contribution in [0.25, 0.3) is 0 Å². The van der Waals surface area contributed by atoms with Crippen molar-refractivity contribution in [1.82, 2.24) is 0 Å². The van der Waals surface area contributed by atoms with Crippen molar-refractivity contribution in [3.63, 3.8) is 0 Å². The molecule has 9 heteroatoms. The molecule has 11 atom stereocenters. The molecule has 0 aromatic heterocycles. The van der Waals surface area contributed by atoms with Crippen molar-refractivity contribution in [2.45, 2.75) is 96.9 Å². The number of ether oxygens (including phenoxy) is 3. The van der Waals surface area contributed by atoms with Gasteiger partial charge >= 0.3 is 0 Å². The molecule has 4 aliphatic carbocycles. The Labute approximate surface area is 253 Å². The molecule has 0 aliphatic heterocycles. The fourth-order valence-corrected chi connectivity index (χ4v) is 10.2. The number of aldehydes is 1. The first-order valence-corrected chi connectivity index (χ1v) is 15.8. The Bertz CT molecular complexity index is 1200. The van der Waals surface area contributed by atoms with Crippen LogP contribution < -0.4 is 5.32 Å². The smallest absolute Gasteiger partial charge is 0.293 e. The van der Waals surface area contributed by atoms with Crippen LogP contribution in [0.2, 0.25) is 0 Å². The highest BCUT2D eigenvalue weighted by molar-refractivity contribution is 5.96. The summed E-state index contributed by atoms with van der Waals surface area (Å²) in [7, 11) is 0. The van der Waals surface area contributed by atoms with Gasteiger partial charge in [0.2, 0.25) is 5.91 Å². The second-order valence-electron chi connectivity index (χ2n) is 13.9. The number of carbonyl (C=O) groups is 5. The second kappa shape index (κ2) is 12.8. The summed E-state index contributed by atoms with van der Waals surface area (Å²) in [6.07, 6.45) is 6.86. The van der Waals surface area contributed by atoms with E-state index >= 15 is 0 Å². The summed E-state index contributed by atoms with van der Waals surface area (Å²) in [6.45, 7) is 8.46. The maximum absolute atomic E-state index is 12.9. The fourth-order valence-electron chi connectivity index (χ4n) is 10.2. The Morgan fingerprint density at radius 2 is 1.70 bits per heavy atom. The molecule has 1 aromatic rings. The molecule has 0 radical (unpaired) electrons. The van der Waals surface area contributed by atoms with E-state index in [1.165, 1.54) is 0 Å². The van der Waals surface area contributed by atoms with Gasteiger partial charge in [-0.1, -0.05) is 32.9 Å². The zero-order chi connectivity index (χ0) is 30.8.